The van der Waals surface area contributed by atoms with Gasteiger partial charge in [-0.2, -0.15) is 0 Å². The van der Waals surface area contributed by atoms with Crippen LogP contribution >= 0.6 is 0 Å². The molecule has 0 aliphatic heterocycles. The Morgan fingerprint density at radius 3 is 2.25 bits per heavy atom. The van der Waals surface area contributed by atoms with E-state index in [0.29, 0.717) is 24.0 Å². The Morgan fingerprint density at radius 2 is 1.67 bits per heavy atom. The SMILES string of the molecule is CC(C)=CCCC(C)=CCCC(=O)NCCC[N+](C)(C)CC(=O)[O-]. The molecule has 0 unspecified atom stereocenters. The minimum atomic E-state index is -1.05. The van der Waals surface area contributed by atoms with Gasteiger partial charge in [-0.1, -0.05) is 23.3 Å². The van der Waals surface area contributed by atoms with Crippen LogP contribution in [0.25, 0.3) is 0 Å². The molecule has 0 radical (unpaired) electrons. The summed E-state index contributed by atoms with van der Waals surface area (Å²) >= 11 is 0. The maximum atomic E-state index is 11.8. The standard InChI is InChI=1S/C19H34N2O3/c1-16(2)9-6-10-17(3)11-7-12-18(22)20-13-8-14-21(4,5)15-19(23)24/h9,11H,6-8,10,12-15H2,1-5H3,(H-,20,22,23,24). The molecule has 0 rings (SSSR count). The van der Waals surface area contributed by atoms with E-state index in [9.17, 15) is 14.7 Å². The number of hydrogen-bond donors (Lipinski definition) is 1. The number of likely N-dealkylation sites (N-methyl/N-ethyl adjacent to an activating group) is 1. The first-order valence-electron chi connectivity index (χ1n) is 8.70. The Balaban J connectivity index is 3.83. The largest absolute Gasteiger partial charge is 0.544 e. The third-order valence-electron chi connectivity index (χ3n) is 3.77. The number of carbonyl (C=O) groups excluding carboxylic acids is 2. The Labute approximate surface area is 147 Å². The highest BCUT2D eigenvalue weighted by molar-refractivity contribution is 5.75. The summed E-state index contributed by atoms with van der Waals surface area (Å²) in [4.78, 5) is 22.4. The molecular weight excluding hydrogens is 304 g/mol. The van der Waals surface area contributed by atoms with Crippen molar-refractivity contribution >= 4 is 11.9 Å². The van der Waals surface area contributed by atoms with Crippen molar-refractivity contribution in [3.8, 4) is 0 Å². The van der Waals surface area contributed by atoms with Crippen LogP contribution in [0.2, 0.25) is 0 Å². The number of nitrogens with zero attached hydrogens (tertiary/aromatic N) is 1. The summed E-state index contributed by atoms with van der Waals surface area (Å²) in [6.07, 6.45) is 8.47. The fourth-order valence-corrected chi connectivity index (χ4v) is 2.39. The molecule has 0 saturated heterocycles. The number of carboxylic acids is 1. The molecule has 0 aromatic heterocycles. The summed E-state index contributed by atoms with van der Waals surface area (Å²) in [6.45, 7) is 7.57. The van der Waals surface area contributed by atoms with E-state index in [1.807, 2.05) is 14.1 Å². The summed E-state index contributed by atoms with van der Waals surface area (Å²) in [7, 11) is 3.70. The number of carboxylic acid groups (broad SMARTS) is 1. The molecule has 0 saturated carbocycles. The van der Waals surface area contributed by atoms with Crippen molar-refractivity contribution in [3.63, 3.8) is 0 Å². The lowest BCUT2D eigenvalue weighted by atomic mass is 10.1. The lowest BCUT2D eigenvalue weighted by molar-refractivity contribution is -0.884. The quantitative estimate of drug-likeness (QED) is 0.335. The number of aliphatic carboxylic acids is 1. The van der Waals surface area contributed by atoms with Gasteiger partial charge in [-0.25, -0.2) is 0 Å². The van der Waals surface area contributed by atoms with Crippen molar-refractivity contribution in [2.75, 3.05) is 33.7 Å². The zero-order valence-electron chi connectivity index (χ0n) is 16.0. The van der Waals surface area contributed by atoms with Crippen LogP contribution in [0.5, 0.6) is 0 Å². The molecule has 0 aliphatic carbocycles. The van der Waals surface area contributed by atoms with Gasteiger partial charge in [0.05, 0.1) is 26.6 Å². The smallest absolute Gasteiger partial charge is 0.220 e. The average molecular weight is 338 g/mol. The number of quaternary nitrogens is 1. The van der Waals surface area contributed by atoms with Crippen LogP contribution in [0, 0.1) is 0 Å². The summed E-state index contributed by atoms with van der Waals surface area (Å²) in [5.41, 5.74) is 2.66. The number of rotatable bonds is 12. The van der Waals surface area contributed by atoms with Crippen LogP contribution in [0.15, 0.2) is 23.3 Å². The van der Waals surface area contributed by atoms with Gasteiger partial charge in [-0.05, 0) is 40.0 Å². The second kappa shape index (κ2) is 11.8. The molecule has 0 atom stereocenters. The van der Waals surface area contributed by atoms with Crippen LogP contribution in [0.1, 0.15) is 52.9 Å². The minimum absolute atomic E-state index is 0.00916. The van der Waals surface area contributed by atoms with Crippen molar-refractivity contribution in [2.24, 2.45) is 0 Å². The molecule has 5 nitrogen and oxygen atoms in total. The predicted molar refractivity (Wildman–Crippen MR) is 96.1 cm³/mol. The van der Waals surface area contributed by atoms with Gasteiger partial charge in [0.2, 0.25) is 5.91 Å². The summed E-state index contributed by atoms with van der Waals surface area (Å²) in [5, 5.41) is 13.5. The van der Waals surface area contributed by atoms with E-state index in [1.165, 1.54) is 11.1 Å². The number of nitrogens with one attached hydrogen (secondary N) is 1. The molecule has 0 fully saturated rings. The molecule has 1 N–H and O–H groups in total. The molecule has 1 amide bonds. The first kappa shape index (κ1) is 22.4. The molecule has 138 valence electrons. The number of allylic oxidation sites excluding steroid dienone is 4. The third-order valence-corrected chi connectivity index (χ3v) is 3.77. The molecule has 24 heavy (non-hydrogen) atoms. The molecule has 5 heteroatoms. The zero-order valence-corrected chi connectivity index (χ0v) is 16.0. The predicted octanol–water partition coefficient (Wildman–Crippen LogP) is 1.79. The molecule has 0 aromatic rings. The first-order chi connectivity index (χ1) is 11.1. The highest BCUT2D eigenvalue weighted by Gasteiger charge is 2.14. The highest BCUT2D eigenvalue weighted by Crippen LogP contribution is 2.08. The Kier molecular flexibility index (Phi) is 11.0. The lowest BCUT2D eigenvalue weighted by Crippen LogP contribution is -2.49. The van der Waals surface area contributed by atoms with Gasteiger partial charge in [-0.15, -0.1) is 0 Å². The fourth-order valence-electron chi connectivity index (χ4n) is 2.39. The number of hydrogen-bond acceptors (Lipinski definition) is 3. The summed E-state index contributed by atoms with van der Waals surface area (Å²) in [6, 6.07) is 0. The van der Waals surface area contributed by atoms with Crippen molar-refractivity contribution < 1.29 is 19.2 Å². The van der Waals surface area contributed by atoms with E-state index >= 15 is 0 Å². The van der Waals surface area contributed by atoms with E-state index in [-0.39, 0.29) is 12.5 Å². The van der Waals surface area contributed by atoms with Crippen molar-refractivity contribution in [1.82, 2.24) is 5.32 Å². The van der Waals surface area contributed by atoms with Gasteiger partial charge < -0.3 is 19.7 Å². The normalized spacial score (nSPS) is 12.0. The summed E-state index contributed by atoms with van der Waals surface area (Å²) < 4.78 is 0.367. The van der Waals surface area contributed by atoms with Gasteiger partial charge in [0.25, 0.3) is 0 Å². The van der Waals surface area contributed by atoms with E-state index < -0.39 is 5.97 Å². The number of amides is 1. The fraction of sp³-hybridized carbons (Fsp3) is 0.684. The van der Waals surface area contributed by atoms with Crippen LogP contribution in [-0.2, 0) is 9.59 Å². The van der Waals surface area contributed by atoms with Crippen LogP contribution in [-0.4, -0.2) is 50.1 Å². The van der Waals surface area contributed by atoms with Gasteiger partial charge in [0, 0.05) is 19.4 Å². The Morgan fingerprint density at radius 1 is 1.04 bits per heavy atom. The topological polar surface area (TPSA) is 69.2 Å². The minimum Gasteiger partial charge on any atom is -0.544 e. The molecular formula is C19H34N2O3. The van der Waals surface area contributed by atoms with Crippen LogP contribution in [0.3, 0.4) is 0 Å². The van der Waals surface area contributed by atoms with Crippen molar-refractivity contribution in [3.05, 3.63) is 23.3 Å². The van der Waals surface area contributed by atoms with E-state index in [4.69, 9.17) is 0 Å². The van der Waals surface area contributed by atoms with Crippen molar-refractivity contribution in [1.29, 1.82) is 0 Å². The van der Waals surface area contributed by atoms with Crippen LogP contribution < -0.4 is 10.4 Å². The van der Waals surface area contributed by atoms with Crippen molar-refractivity contribution in [2.45, 2.75) is 52.9 Å². The molecule has 0 spiro atoms. The second-order valence-electron chi connectivity index (χ2n) is 7.30. The second-order valence-corrected chi connectivity index (χ2v) is 7.30. The maximum Gasteiger partial charge on any atom is 0.220 e. The Hall–Kier alpha value is -1.62. The lowest BCUT2D eigenvalue weighted by Gasteiger charge is -2.30. The molecule has 0 aliphatic rings. The van der Waals surface area contributed by atoms with Gasteiger partial charge >= 0.3 is 0 Å². The van der Waals surface area contributed by atoms with Gasteiger partial charge in [0.1, 0.15) is 6.54 Å². The first-order valence-corrected chi connectivity index (χ1v) is 8.70. The van der Waals surface area contributed by atoms with E-state index in [1.54, 1.807) is 0 Å². The van der Waals surface area contributed by atoms with E-state index in [0.717, 1.165) is 25.7 Å². The molecule has 0 aromatic carbocycles. The van der Waals surface area contributed by atoms with Crippen LogP contribution in [0.4, 0.5) is 0 Å². The maximum absolute atomic E-state index is 11.8. The van der Waals surface area contributed by atoms with Gasteiger partial charge in [0.15, 0.2) is 0 Å². The zero-order chi connectivity index (χ0) is 18.6. The highest BCUT2D eigenvalue weighted by atomic mass is 16.4. The third kappa shape index (κ3) is 14.0. The average Bonchev–Trinajstić information content (AvgIpc) is 2.42. The monoisotopic (exact) mass is 338 g/mol. The Bertz CT molecular complexity index is 461. The molecule has 0 heterocycles. The number of carbonyl (C=O) groups is 2. The summed E-state index contributed by atoms with van der Waals surface area (Å²) in [5.74, 6) is -0.996. The van der Waals surface area contributed by atoms with Gasteiger partial charge in [-0.3, -0.25) is 4.79 Å². The molecule has 0 bridgehead atoms. The van der Waals surface area contributed by atoms with E-state index in [2.05, 4.69) is 38.2 Å².